The van der Waals surface area contributed by atoms with Crippen molar-refractivity contribution in [2.45, 2.75) is 25.8 Å². The molecule has 2 amide bonds. The number of morpholine rings is 1. The van der Waals surface area contributed by atoms with Crippen molar-refractivity contribution in [1.29, 1.82) is 0 Å². The van der Waals surface area contributed by atoms with Crippen LogP contribution >= 0.6 is 22.9 Å². The van der Waals surface area contributed by atoms with Gasteiger partial charge in [0.15, 0.2) is 0 Å². The Morgan fingerprint density at radius 2 is 1.78 bits per heavy atom. The van der Waals surface area contributed by atoms with Gasteiger partial charge in [0.1, 0.15) is 5.00 Å². The van der Waals surface area contributed by atoms with Crippen molar-refractivity contribution >= 4 is 45.4 Å². The van der Waals surface area contributed by atoms with Crippen molar-refractivity contribution in [2.75, 3.05) is 43.1 Å². The molecule has 188 valence electrons. The van der Waals surface area contributed by atoms with Gasteiger partial charge in [-0.1, -0.05) is 35.9 Å². The Morgan fingerprint density at radius 3 is 2.53 bits per heavy atom. The number of carbonyl (C=O) groups excluding carboxylic acids is 2. The van der Waals surface area contributed by atoms with Gasteiger partial charge >= 0.3 is 0 Å². The molecule has 2 aliphatic heterocycles. The lowest BCUT2D eigenvalue weighted by Gasteiger charge is -2.26. The van der Waals surface area contributed by atoms with E-state index in [1.54, 1.807) is 11.1 Å². The molecule has 36 heavy (non-hydrogen) atoms. The maximum absolute atomic E-state index is 12.9. The molecule has 1 N–H and O–H groups in total. The maximum atomic E-state index is 12.9. The normalized spacial score (nSPS) is 18.5. The van der Waals surface area contributed by atoms with E-state index in [2.05, 4.69) is 27.3 Å². The molecule has 0 spiro atoms. The second-order valence-corrected chi connectivity index (χ2v) is 10.7. The molecule has 0 radical (unpaired) electrons. The molecule has 3 heterocycles. The van der Waals surface area contributed by atoms with Crippen LogP contribution in [-0.4, -0.2) is 54.5 Å². The van der Waals surface area contributed by atoms with E-state index in [1.165, 1.54) is 22.5 Å². The zero-order valence-electron chi connectivity index (χ0n) is 20.0. The minimum atomic E-state index is -0.384. The summed E-state index contributed by atoms with van der Waals surface area (Å²) in [6.45, 7) is 4.68. The lowest BCUT2D eigenvalue weighted by atomic mass is 10.1. The molecular formula is C27H29ClN4O3S. The van der Waals surface area contributed by atoms with Crippen LogP contribution in [0.2, 0.25) is 5.02 Å². The van der Waals surface area contributed by atoms with Crippen LogP contribution in [0.5, 0.6) is 0 Å². The number of aromatic nitrogens is 1. The van der Waals surface area contributed by atoms with E-state index < -0.39 is 0 Å². The first-order chi connectivity index (χ1) is 17.5. The summed E-state index contributed by atoms with van der Waals surface area (Å²) in [6.07, 6.45) is 3.56. The fraction of sp³-hybridized carbons (Fsp3) is 0.370. The molecule has 3 aromatic rings. The monoisotopic (exact) mass is 524 g/mol. The van der Waals surface area contributed by atoms with Gasteiger partial charge in [0, 0.05) is 49.7 Å². The number of thiazole rings is 1. The predicted octanol–water partition coefficient (Wildman–Crippen LogP) is 4.41. The highest BCUT2D eigenvalue weighted by molar-refractivity contribution is 7.15. The lowest BCUT2D eigenvalue weighted by Crippen LogP contribution is -2.35. The smallest absolute Gasteiger partial charge is 0.230 e. The first-order valence-electron chi connectivity index (χ1n) is 12.2. The summed E-state index contributed by atoms with van der Waals surface area (Å²) in [6, 6.07) is 15.9. The van der Waals surface area contributed by atoms with Gasteiger partial charge in [-0.2, -0.15) is 0 Å². The topological polar surface area (TPSA) is 74.8 Å². The van der Waals surface area contributed by atoms with Gasteiger partial charge in [-0.05, 0) is 41.8 Å². The van der Waals surface area contributed by atoms with Crippen LogP contribution in [-0.2, 0) is 33.7 Å². The Balaban J connectivity index is 1.12. The molecule has 0 saturated carbocycles. The average molecular weight is 525 g/mol. The third-order valence-electron chi connectivity index (χ3n) is 6.59. The summed E-state index contributed by atoms with van der Waals surface area (Å²) in [5, 5.41) is 5.36. The van der Waals surface area contributed by atoms with E-state index >= 15 is 0 Å². The quantitative estimate of drug-likeness (QED) is 0.472. The van der Waals surface area contributed by atoms with Crippen LogP contribution in [0, 0.1) is 5.92 Å². The van der Waals surface area contributed by atoms with Crippen molar-refractivity contribution in [3.8, 4) is 0 Å². The number of amides is 2. The zero-order valence-corrected chi connectivity index (χ0v) is 21.6. The number of nitrogens with zero attached hydrogens (tertiary/aromatic N) is 3. The minimum Gasteiger partial charge on any atom is -0.379 e. The summed E-state index contributed by atoms with van der Waals surface area (Å²) >= 11 is 7.42. The van der Waals surface area contributed by atoms with Gasteiger partial charge in [0.2, 0.25) is 11.8 Å². The average Bonchev–Trinajstić information content (AvgIpc) is 3.51. The maximum Gasteiger partial charge on any atom is 0.230 e. The molecule has 2 fully saturated rings. The summed E-state index contributed by atoms with van der Waals surface area (Å²) in [5.41, 5.74) is 3.24. The minimum absolute atomic E-state index is 0.0240. The van der Waals surface area contributed by atoms with E-state index in [0.717, 1.165) is 61.4 Å². The van der Waals surface area contributed by atoms with Gasteiger partial charge in [0.05, 0.1) is 30.3 Å². The molecule has 5 rings (SSSR count). The molecule has 0 unspecified atom stereocenters. The van der Waals surface area contributed by atoms with Crippen molar-refractivity contribution in [1.82, 2.24) is 9.88 Å². The van der Waals surface area contributed by atoms with Crippen molar-refractivity contribution < 1.29 is 14.3 Å². The first kappa shape index (κ1) is 24.9. The number of rotatable bonds is 8. The van der Waals surface area contributed by atoms with E-state index in [4.69, 9.17) is 16.3 Å². The zero-order chi connectivity index (χ0) is 24.9. The fourth-order valence-electron chi connectivity index (χ4n) is 4.54. The number of carbonyl (C=O) groups is 2. The molecule has 7 nitrogen and oxygen atoms in total. The second-order valence-electron chi connectivity index (χ2n) is 9.19. The fourth-order valence-corrected chi connectivity index (χ4v) is 5.49. The highest BCUT2D eigenvalue weighted by atomic mass is 35.5. The standard InChI is InChI=1S/C27H29ClN4O3S/c28-22-6-1-19(2-7-22)5-10-24-29-16-25(36-24)30-27(34)21-15-26(33)32(18-21)23-8-3-20(4-9-23)17-31-11-13-35-14-12-31/h1-4,6-9,16,21H,5,10-15,17-18H2,(H,30,34)/t21-/m0/s1. The SMILES string of the molecule is O=C(Nc1cnc(CCc2ccc(Cl)cc2)s1)[C@H]1CC(=O)N(c2ccc(CN3CCOCC3)cc2)C1. The number of halogens is 1. The lowest BCUT2D eigenvalue weighted by molar-refractivity contribution is -0.122. The Hall–Kier alpha value is -2.78. The summed E-state index contributed by atoms with van der Waals surface area (Å²) in [7, 11) is 0. The molecule has 9 heteroatoms. The van der Waals surface area contributed by atoms with Gasteiger partial charge < -0.3 is 15.0 Å². The molecule has 0 aliphatic carbocycles. The largest absolute Gasteiger partial charge is 0.379 e. The van der Waals surface area contributed by atoms with Gasteiger partial charge in [0.25, 0.3) is 0 Å². The van der Waals surface area contributed by atoms with Crippen LogP contribution in [0.3, 0.4) is 0 Å². The number of aryl methyl sites for hydroxylation is 2. The van der Waals surface area contributed by atoms with Crippen LogP contribution in [0.4, 0.5) is 10.7 Å². The summed E-state index contributed by atoms with van der Waals surface area (Å²) in [5.74, 6) is -0.545. The van der Waals surface area contributed by atoms with Gasteiger partial charge in [-0.15, -0.1) is 11.3 Å². The summed E-state index contributed by atoms with van der Waals surface area (Å²) < 4.78 is 5.41. The van der Waals surface area contributed by atoms with Crippen LogP contribution in [0.1, 0.15) is 22.6 Å². The van der Waals surface area contributed by atoms with Gasteiger partial charge in [-0.25, -0.2) is 4.98 Å². The second kappa shape index (κ2) is 11.5. The number of hydrogen-bond donors (Lipinski definition) is 1. The highest BCUT2D eigenvalue weighted by Gasteiger charge is 2.35. The van der Waals surface area contributed by atoms with Gasteiger partial charge in [-0.3, -0.25) is 14.5 Å². The number of ether oxygens (including phenoxy) is 1. The molecule has 0 bridgehead atoms. The number of benzene rings is 2. The van der Waals surface area contributed by atoms with E-state index in [-0.39, 0.29) is 24.2 Å². The van der Waals surface area contributed by atoms with Crippen molar-refractivity contribution in [2.24, 2.45) is 5.92 Å². The van der Waals surface area contributed by atoms with Crippen LogP contribution < -0.4 is 10.2 Å². The molecule has 2 aliphatic rings. The van der Waals surface area contributed by atoms with E-state index in [9.17, 15) is 9.59 Å². The van der Waals surface area contributed by atoms with Crippen LogP contribution in [0.25, 0.3) is 0 Å². The Morgan fingerprint density at radius 1 is 1.06 bits per heavy atom. The van der Waals surface area contributed by atoms with E-state index in [0.29, 0.717) is 11.5 Å². The van der Waals surface area contributed by atoms with E-state index in [1.807, 2.05) is 36.4 Å². The molecule has 1 aromatic heterocycles. The number of nitrogens with one attached hydrogen (secondary N) is 1. The summed E-state index contributed by atoms with van der Waals surface area (Å²) in [4.78, 5) is 34.1. The third-order valence-corrected chi connectivity index (χ3v) is 7.82. The molecule has 1 atom stereocenters. The Kier molecular flexibility index (Phi) is 7.96. The Labute approximate surface area is 220 Å². The Bertz CT molecular complexity index is 1190. The molecule has 2 aromatic carbocycles. The van der Waals surface area contributed by atoms with Crippen LogP contribution in [0.15, 0.2) is 54.7 Å². The highest BCUT2D eigenvalue weighted by Crippen LogP contribution is 2.28. The number of anilines is 2. The number of hydrogen-bond acceptors (Lipinski definition) is 6. The first-order valence-corrected chi connectivity index (χ1v) is 13.4. The molecule has 2 saturated heterocycles. The van der Waals surface area contributed by atoms with Crippen molar-refractivity contribution in [3.05, 3.63) is 75.9 Å². The third kappa shape index (κ3) is 6.31. The molecular weight excluding hydrogens is 496 g/mol. The predicted molar refractivity (Wildman–Crippen MR) is 143 cm³/mol. The van der Waals surface area contributed by atoms with Crippen molar-refractivity contribution in [3.63, 3.8) is 0 Å².